The first-order valence-electron chi connectivity index (χ1n) is 10.7. The van der Waals surface area contributed by atoms with Gasteiger partial charge in [0.2, 0.25) is 11.8 Å². The molecule has 1 saturated carbocycles. The molecule has 0 spiro atoms. The Kier molecular flexibility index (Phi) is 6.53. The van der Waals surface area contributed by atoms with Crippen molar-refractivity contribution in [3.63, 3.8) is 0 Å². The molecule has 2 aliphatic rings. The topological polar surface area (TPSA) is 40.6 Å². The van der Waals surface area contributed by atoms with Gasteiger partial charge in [-0.1, -0.05) is 54.1 Å². The van der Waals surface area contributed by atoms with Gasteiger partial charge < -0.3 is 9.80 Å². The number of carbonyl (C=O) groups excluding carboxylic acids is 2. The minimum Gasteiger partial charge on any atom is -0.339 e. The standard InChI is InChI=1S/C25H27ClN2O2/c26-22-9-6-20(7-10-22)18-28(23-11-12-23)25(30)21-14-16-27(17-15-21)24(29)13-8-19-4-2-1-3-5-19/h1-10,13,21,23H,11-12,14-18H2/b13-8+. The molecule has 1 saturated heterocycles. The Bertz CT molecular complexity index is 899. The molecule has 4 nitrogen and oxygen atoms in total. The zero-order chi connectivity index (χ0) is 20.9. The van der Waals surface area contributed by atoms with E-state index < -0.39 is 0 Å². The number of nitrogens with zero attached hydrogens (tertiary/aromatic N) is 2. The van der Waals surface area contributed by atoms with Crippen molar-refractivity contribution in [3.05, 3.63) is 76.8 Å². The van der Waals surface area contributed by atoms with Crippen LogP contribution in [0.4, 0.5) is 0 Å². The van der Waals surface area contributed by atoms with Gasteiger partial charge in [-0.15, -0.1) is 0 Å². The fraction of sp³-hybridized carbons (Fsp3) is 0.360. The van der Waals surface area contributed by atoms with Gasteiger partial charge in [0, 0.05) is 42.7 Å². The van der Waals surface area contributed by atoms with Crippen LogP contribution in [0.1, 0.15) is 36.8 Å². The molecule has 0 radical (unpaired) electrons. The summed E-state index contributed by atoms with van der Waals surface area (Å²) in [5.74, 6) is 0.254. The lowest BCUT2D eigenvalue weighted by Crippen LogP contribution is -2.44. The second-order valence-electron chi connectivity index (χ2n) is 8.17. The van der Waals surface area contributed by atoms with Crippen molar-refractivity contribution in [2.45, 2.75) is 38.3 Å². The number of likely N-dealkylation sites (tertiary alicyclic amines) is 1. The lowest BCUT2D eigenvalue weighted by molar-refractivity contribution is -0.140. The summed E-state index contributed by atoms with van der Waals surface area (Å²) < 4.78 is 0. The van der Waals surface area contributed by atoms with Crippen LogP contribution in [0.15, 0.2) is 60.7 Å². The number of carbonyl (C=O) groups is 2. The number of hydrogen-bond donors (Lipinski definition) is 0. The van der Waals surface area contributed by atoms with Crippen LogP contribution in [-0.2, 0) is 16.1 Å². The molecule has 2 fully saturated rings. The van der Waals surface area contributed by atoms with Crippen LogP contribution in [0.5, 0.6) is 0 Å². The van der Waals surface area contributed by atoms with E-state index in [2.05, 4.69) is 0 Å². The number of halogens is 1. The van der Waals surface area contributed by atoms with E-state index >= 15 is 0 Å². The first-order valence-corrected chi connectivity index (χ1v) is 11.0. The molecular weight excluding hydrogens is 396 g/mol. The van der Waals surface area contributed by atoms with Gasteiger partial charge in [-0.25, -0.2) is 0 Å². The van der Waals surface area contributed by atoms with Crippen molar-refractivity contribution < 1.29 is 9.59 Å². The fourth-order valence-electron chi connectivity index (χ4n) is 3.98. The number of rotatable bonds is 6. The molecule has 5 heteroatoms. The quantitative estimate of drug-likeness (QED) is 0.628. The molecule has 1 aliphatic carbocycles. The minimum atomic E-state index is 0.0000492. The van der Waals surface area contributed by atoms with E-state index in [0.717, 1.165) is 36.8 Å². The van der Waals surface area contributed by atoms with Gasteiger partial charge >= 0.3 is 0 Å². The highest BCUT2D eigenvalue weighted by atomic mass is 35.5. The van der Waals surface area contributed by atoms with Crippen LogP contribution >= 0.6 is 11.6 Å². The van der Waals surface area contributed by atoms with Gasteiger partial charge in [0.25, 0.3) is 0 Å². The predicted molar refractivity (Wildman–Crippen MR) is 120 cm³/mol. The summed E-state index contributed by atoms with van der Waals surface area (Å²) in [6.45, 7) is 1.90. The summed E-state index contributed by atoms with van der Waals surface area (Å²) in [6.07, 6.45) is 7.11. The third-order valence-corrected chi connectivity index (χ3v) is 6.16. The van der Waals surface area contributed by atoms with Gasteiger partial charge in [-0.3, -0.25) is 9.59 Å². The molecule has 156 valence electrons. The van der Waals surface area contributed by atoms with Gasteiger partial charge in [-0.2, -0.15) is 0 Å². The van der Waals surface area contributed by atoms with Crippen LogP contribution in [0, 0.1) is 5.92 Å². The summed E-state index contributed by atoms with van der Waals surface area (Å²) in [4.78, 5) is 29.6. The maximum Gasteiger partial charge on any atom is 0.246 e. The third kappa shape index (κ3) is 5.31. The largest absolute Gasteiger partial charge is 0.339 e. The molecule has 0 aromatic heterocycles. The highest BCUT2D eigenvalue weighted by molar-refractivity contribution is 6.30. The van der Waals surface area contributed by atoms with E-state index in [1.165, 1.54) is 0 Å². The molecule has 0 atom stereocenters. The van der Waals surface area contributed by atoms with Crippen LogP contribution in [-0.4, -0.2) is 40.7 Å². The fourth-order valence-corrected chi connectivity index (χ4v) is 4.10. The summed E-state index contributed by atoms with van der Waals surface area (Å²) in [5, 5.41) is 0.710. The van der Waals surface area contributed by atoms with E-state index in [1.54, 1.807) is 6.08 Å². The van der Waals surface area contributed by atoms with Crippen LogP contribution in [0.2, 0.25) is 5.02 Å². The Morgan fingerprint density at radius 1 is 0.967 bits per heavy atom. The summed E-state index contributed by atoms with van der Waals surface area (Å²) in [7, 11) is 0. The average molecular weight is 423 g/mol. The Labute approximate surface area is 183 Å². The van der Waals surface area contributed by atoms with E-state index in [-0.39, 0.29) is 17.7 Å². The van der Waals surface area contributed by atoms with Crippen molar-refractivity contribution in [1.29, 1.82) is 0 Å². The molecule has 0 bridgehead atoms. The monoisotopic (exact) mass is 422 g/mol. The summed E-state index contributed by atoms with van der Waals surface area (Å²) in [5.41, 5.74) is 2.12. The predicted octanol–water partition coefficient (Wildman–Crippen LogP) is 4.78. The van der Waals surface area contributed by atoms with Crippen LogP contribution < -0.4 is 0 Å². The second-order valence-corrected chi connectivity index (χ2v) is 8.60. The zero-order valence-electron chi connectivity index (χ0n) is 17.0. The molecule has 0 unspecified atom stereocenters. The van der Waals surface area contributed by atoms with Crippen molar-refractivity contribution in [3.8, 4) is 0 Å². The third-order valence-electron chi connectivity index (χ3n) is 5.91. The highest BCUT2D eigenvalue weighted by Crippen LogP contribution is 2.32. The number of benzene rings is 2. The lowest BCUT2D eigenvalue weighted by atomic mass is 9.94. The van der Waals surface area contributed by atoms with Crippen molar-refractivity contribution in [1.82, 2.24) is 9.80 Å². The lowest BCUT2D eigenvalue weighted by Gasteiger charge is -2.34. The van der Waals surface area contributed by atoms with Gasteiger partial charge in [0.05, 0.1) is 0 Å². The van der Waals surface area contributed by atoms with Crippen molar-refractivity contribution in [2.75, 3.05) is 13.1 Å². The second kappa shape index (κ2) is 9.48. The van der Waals surface area contributed by atoms with Crippen LogP contribution in [0.3, 0.4) is 0 Å². The maximum absolute atomic E-state index is 13.2. The summed E-state index contributed by atoms with van der Waals surface area (Å²) >= 11 is 5.99. The van der Waals surface area contributed by atoms with Gasteiger partial charge in [0.15, 0.2) is 0 Å². The first-order chi connectivity index (χ1) is 14.6. The smallest absolute Gasteiger partial charge is 0.246 e. The molecular formula is C25H27ClN2O2. The molecule has 2 amide bonds. The number of amides is 2. The first kappa shape index (κ1) is 20.7. The Hall–Kier alpha value is -2.59. The van der Waals surface area contributed by atoms with Crippen LogP contribution in [0.25, 0.3) is 6.08 Å². The Balaban J connectivity index is 1.32. The highest BCUT2D eigenvalue weighted by Gasteiger charge is 2.37. The van der Waals surface area contributed by atoms with E-state index in [0.29, 0.717) is 30.7 Å². The average Bonchev–Trinajstić information content (AvgIpc) is 3.63. The molecule has 1 aliphatic heterocycles. The van der Waals surface area contributed by atoms with E-state index in [9.17, 15) is 9.59 Å². The maximum atomic E-state index is 13.2. The molecule has 2 aromatic rings. The Morgan fingerprint density at radius 3 is 2.27 bits per heavy atom. The van der Waals surface area contributed by atoms with E-state index in [4.69, 9.17) is 11.6 Å². The zero-order valence-corrected chi connectivity index (χ0v) is 17.8. The molecule has 2 aromatic carbocycles. The molecule has 4 rings (SSSR count). The molecule has 0 N–H and O–H groups in total. The Morgan fingerprint density at radius 2 is 1.63 bits per heavy atom. The van der Waals surface area contributed by atoms with Gasteiger partial charge in [-0.05, 0) is 55.0 Å². The van der Waals surface area contributed by atoms with Crippen molar-refractivity contribution >= 4 is 29.5 Å². The summed E-state index contributed by atoms with van der Waals surface area (Å²) in [6, 6.07) is 17.9. The van der Waals surface area contributed by atoms with Crippen molar-refractivity contribution in [2.24, 2.45) is 5.92 Å². The van der Waals surface area contributed by atoms with E-state index in [1.807, 2.05) is 70.5 Å². The SMILES string of the molecule is O=C(/C=C/c1ccccc1)N1CCC(C(=O)N(Cc2ccc(Cl)cc2)C2CC2)CC1. The van der Waals surface area contributed by atoms with Gasteiger partial charge in [0.1, 0.15) is 0 Å². The molecule has 30 heavy (non-hydrogen) atoms. The molecule has 1 heterocycles. The number of hydrogen-bond acceptors (Lipinski definition) is 2. The number of piperidine rings is 1. The normalized spacial score (nSPS) is 17.3. The minimum absolute atomic E-state index is 0.0000492.